The van der Waals surface area contributed by atoms with Gasteiger partial charge in [0.1, 0.15) is 5.69 Å². The number of nitrogens with one attached hydrogen (secondary N) is 1. The molecule has 76 valence electrons. The number of anilines is 1. The van der Waals surface area contributed by atoms with Crippen molar-refractivity contribution in [2.75, 3.05) is 5.73 Å². The van der Waals surface area contributed by atoms with Crippen molar-refractivity contribution in [3.8, 4) is 6.07 Å². The summed E-state index contributed by atoms with van der Waals surface area (Å²) < 4.78 is 1.38. The number of aromatic amines is 1. The van der Waals surface area contributed by atoms with Gasteiger partial charge in [-0.3, -0.25) is 14.6 Å². The quantitative estimate of drug-likeness (QED) is 0.745. The summed E-state index contributed by atoms with van der Waals surface area (Å²) in [5, 5.41) is 11.3. The topological polar surface area (TPSA) is 87.6 Å². The predicted octanol–water partition coefficient (Wildman–Crippen LogP) is 0.796. The molecule has 5 nitrogen and oxygen atoms in total. The van der Waals surface area contributed by atoms with E-state index in [1.54, 1.807) is 0 Å². The van der Waals surface area contributed by atoms with Crippen LogP contribution in [0.1, 0.15) is 31.9 Å². The van der Waals surface area contributed by atoms with Crippen molar-refractivity contribution < 1.29 is 0 Å². The van der Waals surface area contributed by atoms with Gasteiger partial charge in [0, 0.05) is 0 Å². The fraction of sp³-hybridized carbons (Fsp3) is 0.556. The third-order valence-corrected chi connectivity index (χ3v) is 2.05. The molecule has 1 rings (SSSR count). The molecule has 0 fully saturated rings. The molecule has 0 aromatic carbocycles. The van der Waals surface area contributed by atoms with Gasteiger partial charge in [0.2, 0.25) is 0 Å². The average Bonchev–Trinajstić information content (AvgIpc) is 2.42. The van der Waals surface area contributed by atoms with E-state index in [-0.39, 0.29) is 17.2 Å². The van der Waals surface area contributed by atoms with Crippen LogP contribution in [0.2, 0.25) is 0 Å². The molecule has 5 heteroatoms. The number of rotatable bonds is 3. The van der Waals surface area contributed by atoms with Crippen molar-refractivity contribution in [1.29, 1.82) is 5.26 Å². The van der Waals surface area contributed by atoms with Gasteiger partial charge in [-0.05, 0) is 5.92 Å². The van der Waals surface area contributed by atoms with Crippen LogP contribution in [0.4, 0.5) is 5.69 Å². The number of aryl methyl sites for hydroxylation is 1. The third kappa shape index (κ3) is 1.79. The summed E-state index contributed by atoms with van der Waals surface area (Å²) in [5.74, 6) is 0.186. The van der Waals surface area contributed by atoms with Crippen LogP contribution in [0.3, 0.4) is 0 Å². The Morgan fingerprint density at radius 1 is 1.64 bits per heavy atom. The highest BCUT2D eigenvalue weighted by Gasteiger charge is 2.12. The van der Waals surface area contributed by atoms with Crippen molar-refractivity contribution in [3.63, 3.8) is 0 Å². The minimum absolute atomic E-state index is 0.186. The van der Waals surface area contributed by atoms with E-state index in [0.29, 0.717) is 13.0 Å². The minimum atomic E-state index is -0.232. The second kappa shape index (κ2) is 4.01. The van der Waals surface area contributed by atoms with E-state index in [0.717, 1.165) is 5.69 Å². The summed E-state index contributed by atoms with van der Waals surface area (Å²) in [5.41, 5.74) is 6.40. The summed E-state index contributed by atoms with van der Waals surface area (Å²) in [7, 11) is 0. The number of nitrogen functional groups attached to an aromatic ring is 1. The zero-order valence-electron chi connectivity index (χ0n) is 8.37. The Balaban J connectivity index is 3.04. The Bertz CT molecular complexity index is 407. The highest BCUT2D eigenvalue weighted by molar-refractivity contribution is 5.42. The monoisotopic (exact) mass is 194 g/mol. The number of nitrogens with two attached hydrogens (primary N) is 1. The van der Waals surface area contributed by atoms with Gasteiger partial charge in [0.15, 0.2) is 0 Å². The van der Waals surface area contributed by atoms with Gasteiger partial charge in [0.05, 0.1) is 24.7 Å². The van der Waals surface area contributed by atoms with Crippen LogP contribution in [0.5, 0.6) is 0 Å². The van der Waals surface area contributed by atoms with E-state index < -0.39 is 0 Å². The molecule has 0 aliphatic heterocycles. The molecule has 1 aromatic heterocycles. The fourth-order valence-corrected chi connectivity index (χ4v) is 1.28. The second-order valence-corrected chi connectivity index (χ2v) is 3.46. The summed E-state index contributed by atoms with van der Waals surface area (Å²) in [6, 6.07) is 1.98. The first-order valence-corrected chi connectivity index (χ1v) is 4.53. The molecule has 0 amide bonds. The number of H-pyrrole nitrogens is 1. The van der Waals surface area contributed by atoms with Gasteiger partial charge in [0.25, 0.3) is 5.56 Å². The molecule has 3 N–H and O–H groups in total. The van der Waals surface area contributed by atoms with E-state index in [1.165, 1.54) is 4.68 Å². The van der Waals surface area contributed by atoms with Crippen LogP contribution in [0.25, 0.3) is 0 Å². The van der Waals surface area contributed by atoms with Gasteiger partial charge in [-0.25, -0.2) is 0 Å². The van der Waals surface area contributed by atoms with Crippen molar-refractivity contribution in [3.05, 3.63) is 16.0 Å². The molecule has 1 heterocycles. The first-order valence-electron chi connectivity index (χ1n) is 4.53. The molecule has 0 unspecified atom stereocenters. The zero-order valence-corrected chi connectivity index (χ0v) is 8.37. The van der Waals surface area contributed by atoms with Crippen molar-refractivity contribution >= 4 is 5.69 Å². The highest BCUT2D eigenvalue weighted by Crippen LogP contribution is 2.15. The molecule has 0 radical (unpaired) electrons. The molecule has 0 saturated carbocycles. The molecule has 0 aliphatic carbocycles. The predicted molar refractivity (Wildman–Crippen MR) is 53.8 cm³/mol. The van der Waals surface area contributed by atoms with E-state index in [2.05, 4.69) is 5.10 Å². The molecular formula is C9H14N4O. The van der Waals surface area contributed by atoms with Gasteiger partial charge in [-0.1, -0.05) is 13.8 Å². The molecule has 14 heavy (non-hydrogen) atoms. The first-order chi connectivity index (χ1) is 6.57. The summed E-state index contributed by atoms with van der Waals surface area (Å²) >= 11 is 0. The Kier molecular flexibility index (Phi) is 2.97. The number of hydrogen-bond acceptors (Lipinski definition) is 3. The number of nitrogens with zero attached hydrogens (tertiary/aromatic N) is 2. The SMILES string of the molecule is CC(C)c1[nH]n(CCC#N)c(=O)c1N. The molecule has 0 saturated heterocycles. The van der Waals surface area contributed by atoms with Gasteiger partial charge in [-0.15, -0.1) is 0 Å². The number of nitriles is 1. The molecule has 0 atom stereocenters. The Labute approximate surface area is 82.1 Å². The lowest BCUT2D eigenvalue weighted by Gasteiger charge is -2.01. The smallest absolute Gasteiger partial charge is 0.289 e. The van der Waals surface area contributed by atoms with E-state index in [1.807, 2.05) is 19.9 Å². The van der Waals surface area contributed by atoms with E-state index in [4.69, 9.17) is 11.0 Å². The Hall–Kier alpha value is -1.70. The lowest BCUT2D eigenvalue weighted by Crippen LogP contribution is -2.18. The third-order valence-electron chi connectivity index (χ3n) is 2.05. The van der Waals surface area contributed by atoms with Crippen molar-refractivity contribution in [1.82, 2.24) is 9.78 Å². The zero-order chi connectivity index (χ0) is 10.7. The van der Waals surface area contributed by atoms with Crippen molar-refractivity contribution in [2.24, 2.45) is 0 Å². The maximum atomic E-state index is 11.5. The lowest BCUT2D eigenvalue weighted by atomic mass is 10.1. The standard InChI is InChI=1S/C9H14N4O/c1-6(2)8-7(11)9(14)13(12-8)5-3-4-10/h6,12H,3,5,11H2,1-2H3. The van der Waals surface area contributed by atoms with Crippen LogP contribution in [0.15, 0.2) is 4.79 Å². The van der Waals surface area contributed by atoms with Crippen LogP contribution >= 0.6 is 0 Å². The largest absolute Gasteiger partial charge is 0.393 e. The second-order valence-electron chi connectivity index (χ2n) is 3.46. The van der Waals surface area contributed by atoms with Crippen molar-refractivity contribution in [2.45, 2.75) is 32.7 Å². The number of hydrogen-bond donors (Lipinski definition) is 2. The Morgan fingerprint density at radius 2 is 2.29 bits per heavy atom. The van der Waals surface area contributed by atoms with Gasteiger partial charge < -0.3 is 5.73 Å². The average molecular weight is 194 g/mol. The maximum absolute atomic E-state index is 11.5. The normalized spacial score (nSPS) is 10.4. The minimum Gasteiger partial charge on any atom is -0.393 e. The summed E-state index contributed by atoms with van der Waals surface area (Å²) in [4.78, 5) is 11.5. The maximum Gasteiger partial charge on any atom is 0.289 e. The van der Waals surface area contributed by atoms with Gasteiger partial charge in [-0.2, -0.15) is 5.26 Å². The van der Waals surface area contributed by atoms with Gasteiger partial charge >= 0.3 is 0 Å². The van der Waals surface area contributed by atoms with Crippen LogP contribution in [0, 0.1) is 11.3 Å². The van der Waals surface area contributed by atoms with Crippen LogP contribution in [-0.2, 0) is 6.54 Å². The molecule has 0 bridgehead atoms. The highest BCUT2D eigenvalue weighted by atomic mass is 16.1. The first kappa shape index (κ1) is 10.4. The molecular weight excluding hydrogens is 180 g/mol. The summed E-state index contributed by atoms with van der Waals surface area (Å²) in [6.45, 7) is 4.28. The summed E-state index contributed by atoms with van der Waals surface area (Å²) in [6.07, 6.45) is 0.303. The Morgan fingerprint density at radius 3 is 2.71 bits per heavy atom. The lowest BCUT2D eigenvalue weighted by molar-refractivity contribution is 0.593. The molecule has 1 aromatic rings. The molecule has 0 spiro atoms. The van der Waals surface area contributed by atoms with E-state index >= 15 is 0 Å². The fourth-order valence-electron chi connectivity index (χ4n) is 1.28. The van der Waals surface area contributed by atoms with Crippen LogP contribution < -0.4 is 11.3 Å². The molecule has 0 aliphatic rings. The van der Waals surface area contributed by atoms with E-state index in [9.17, 15) is 4.79 Å². The number of aromatic nitrogens is 2. The van der Waals surface area contributed by atoms with Crippen LogP contribution in [-0.4, -0.2) is 9.78 Å².